The lowest BCUT2D eigenvalue weighted by molar-refractivity contribution is -0.138. The molecule has 0 spiro atoms. The van der Waals surface area contributed by atoms with Crippen LogP contribution in [0.4, 0.5) is 0 Å². The molecule has 0 aromatic heterocycles. The second kappa shape index (κ2) is 29.0. The van der Waals surface area contributed by atoms with E-state index in [1.165, 1.54) is 11.8 Å². The fraction of sp³-hybridized carbons (Fsp3) is 0.681. The van der Waals surface area contributed by atoms with Crippen LogP contribution in [0.3, 0.4) is 0 Å². The Balaban J connectivity index is 2.33. The zero-order valence-electron chi connectivity index (χ0n) is 40.7. The van der Waals surface area contributed by atoms with E-state index in [1.54, 1.807) is 0 Å². The van der Waals surface area contributed by atoms with Gasteiger partial charge in [0.25, 0.3) is 0 Å². The quantitative estimate of drug-likeness (QED) is 0.0328. The molecule has 66 heavy (non-hydrogen) atoms. The van der Waals surface area contributed by atoms with E-state index in [0.717, 1.165) is 5.56 Å². The van der Waals surface area contributed by atoms with Gasteiger partial charge in [-0.2, -0.15) is 0 Å². The molecule has 1 aliphatic heterocycles. The number of amides is 8. The van der Waals surface area contributed by atoms with Crippen molar-refractivity contribution >= 4 is 53.2 Å². The Morgan fingerprint density at radius 3 is 1.67 bits per heavy atom. The van der Waals surface area contributed by atoms with Crippen molar-refractivity contribution in [3.63, 3.8) is 0 Å². The molecule has 0 bridgehead atoms. The number of nitrogens with zero attached hydrogens (tertiary/aromatic N) is 2. The molecular formula is C47H79N11O8. The van der Waals surface area contributed by atoms with E-state index in [1.807, 2.05) is 85.7 Å². The third-order valence-electron chi connectivity index (χ3n) is 10.9. The second-order valence-corrected chi connectivity index (χ2v) is 19.0. The summed E-state index contributed by atoms with van der Waals surface area (Å²) in [5, 5.41) is 19.4. The summed E-state index contributed by atoms with van der Waals surface area (Å²) in [7, 11) is 0. The molecular weight excluding hydrogens is 847 g/mol. The molecule has 1 heterocycles. The number of guanidine groups is 1. The SMILES string of the molecule is CC(=O)N1CCC[C@H]1C(=O)N[C@@H](CC(C)C)C(=O)NCC(=O)N[C@@H](CCc1ccccc1)C(=O)N[C@@H](CCCN=C(N)N)C(=O)N[C@@H](CC(C)C)C(=O)N[C@H](CC(C)C)C(=O)NCC(C)C. The van der Waals surface area contributed by atoms with Crippen molar-refractivity contribution in [2.45, 2.75) is 156 Å². The first-order valence-electron chi connectivity index (χ1n) is 23.5. The minimum atomic E-state index is -1.20. The van der Waals surface area contributed by atoms with E-state index in [4.69, 9.17) is 11.5 Å². The van der Waals surface area contributed by atoms with Crippen LogP contribution >= 0.6 is 0 Å². The minimum absolute atomic E-state index is 0.00377. The van der Waals surface area contributed by atoms with Crippen LogP contribution in [0.1, 0.15) is 119 Å². The Morgan fingerprint density at radius 1 is 0.636 bits per heavy atom. The van der Waals surface area contributed by atoms with Crippen molar-refractivity contribution < 1.29 is 38.4 Å². The van der Waals surface area contributed by atoms with Crippen LogP contribution in [0.5, 0.6) is 0 Å². The Hall–Kier alpha value is -5.75. The number of hydrogen-bond donors (Lipinski definition) is 9. The molecule has 11 N–H and O–H groups in total. The number of rotatable bonds is 28. The average molecular weight is 926 g/mol. The minimum Gasteiger partial charge on any atom is -0.370 e. The van der Waals surface area contributed by atoms with Gasteiger partial charge in [-0.25, -0.2) is 0 Å². The normalized spacial score (nSPS) is 15.8. The van der Waals surface area contributed by atoms with E-state index >= 15 is 0 Å². The Morgan fingerprint density at radius 2 is 1.14 bits per heavy atom. The molecule has 0 aliphatic carbocycles. The van der Waals surface area contributed by atoms with E-state index in [2.05, 4.69) is 42.2 Å². The van der Waals surface area contributed by atoms with Crippen LogP contribution in [-0.2, 0) is 44.8 Å². The molecule has 0 unspecified atom stereocenters. The van der Waals surface area contributed by atoms with Gasteiger partial charge in [0.05, 0.1) is 6.54 Å². The summed E-state index contributed by atoms with van der Waals surface area (Å²) in [6.07, 6.45) is 2.81. The van der Waals surface area contributed by atoms with Crippen molar-refractivity contribution in [2.75, 3.05) is 26.2 Å². The van der Waals surface area contributed by atoms with Gasteiger partial charge in [-0.05, 0) is 87.0 Å². The van der Waals surface area contributed by atoms with Crippen LogP contribution in [0, 0.1) is 23.7 Å². The fourth-order valence-corrected chi connectivity index (χ4v) is 7.57. The molecule has 19 nitrogen and oxygen atoms in total. The van der Waals surface area contributed by atoms with Gasteiger partial charge in [0.15, 0.2) is 5.96 Å². The second-order valence-electron chi connectivity index (χ2n) is 19.0. The molecule has 0 saturated carbocycles. The predicted octanol–water partition coefficient (Wildman–Crippen LogP) is 1.13. The number of carbonyl (C=O) groups excluding carboxylic acids is 8. The largest absolute Gasteiger partial charge is 0.370 e. The van der Waals surface area contributed by atoms with E-state index < -0.39 is 78.2 Å². The van der Waals surface area contributed by atoms with Gasteiger partial charge in [-0.1, -0.05) is 85.7 Å². The van der Waals surface area contributed by atoms with Crippen LogP contribution in [0.25, 0.3) is 0 Å². The molecule has 1 fully saturated rings. The number of likely N-dealkylation sites (tertiary alicyclic amines) is 1. The Labute approximate surface area is 391 Å². The van der Waals surface area contributed by atoms with Gasteiger partial charge in [-0.3, -0.25) is 43.3 Å². The van der Waals surface area contributed by atoms with Crippen LogP contribution in [0.2, 0.25) is 0 Å². The maximum Gasteiger partial charge on any atom is 0.243 e. The molecule has 1 aromatic carbocycles. The molecule has 370 valence electrons. The van der Waals surface area contributed by atoms with Crippen molar-refractivity contribution in [3.8, 4) is 0 Å². The molecule has 1 aromatic rings. The highest BCUT2D eigenvalue weighted by molar-refractivity contribution is 5.97. The van der Waals surface area contributed by atoms with Gasteiger partial charge in [0, 0.05) is 26.6 Å². The number of carbonyl (C=O) groups is 8. The number of hydrogen-bond acceptors (Lipinski definition) is 9. The van der Waals surface area contributed by atoms with Crippen molar-refractivity contribution in [1.82, 2.24) is 42.1 Å². The number of benzene rings is 1. The smallest absolute Gasteiger partial charge is 0.243 e. The summed E-state index contributed by atoms with van der Waals surface area (Å²) >= 11 is 0. The van der Waals surface area contributed by atoms with E-state index in [-0.39, 0.29) is 80.1 Å². The topological polar surface area (TPSA) is 288 Å². The number of nitrogens with two attached hydrogens (primary N) is 2. The monoisotopic (exact) mass is 926 g/mol. The summed E-state index contributed by atoms with van der Waals surface area (Å²) in [4.78, 5) is 113. The van der Waals surface area contributed by atoms with E-state index in [9.17, 15) is 38.4 Å². The van der Waals surface area contributed by atoms with Gasteiger partial charge < -0.3 is 53.6 Å². The first-order valence-corrected chi connectivity index (χ1v) is 23.5. The summed E-state index contributed by atoms with van der Waals surface area (Å²) in [6, 6.07) is 3.34. The molecule has 1 aliphatic rings. The van der Waals surface area contributed by atoms with Crippen molar-refractivity contribution in [3.05, 3.63) is 35.9 Å². The molecule has 0 radical (unpaired) electrons. The highest BCUT2D eigenvalue weighted by atomic mass is 16.2. The molecule has 19 heteroatoms. The average Bonchev–Trinajstić information content (AvgIpc) is 3.74. The van der Waals surface area contributed by atoms with Crippen molar-refractivity contribution in [1.29, 1.82) is 0 Å². The standard InChI is InChI=1S/C47H79N11O8/c1-28(2)23-36(41(61)51-26-31(7)8)55-45(65)38(25-30(5)6)56-43(63)34(17-13-21-50-47(48)49)54-44(64)35(20-19-33-15-11-10-12-16-33)53-40(60)27-52-42(62)37(24-29(3)4)57-46(66)39-18-14-22-58(39)32(9)59/h10-12,15-16,28-31,34-39H,13-14,17-27H2,1-9H3,(H,51,61)(H,52,62)(H,53,60)(H,54,64)(H,55,65)(H,56,63)(H,57,66)(H4,48,49,50)/t34-,35-,36+,37-,38-,39-/m0/s1. The van der Waals surface area contributed by atoms with Crippen LogP contribution < -0.4 is 48.7 Å². The number of nitrogens with one attached hydrogen (secondary N) is 7. The lowest BCUT2D eigenvalue weighted by Crippen LogP contribution is -2.59. The van der Waals surface area contributed by atoms with Gasteiger partial charge in [-0.15, -0.1) is 0 Å². The molecule has 2 rings (SSSR count). The maximum absolute atomic E-state index is 14.2. The third-order valence-corrected chi connectivity index (χ3v) is 10.9. The highest BCUT2D eigenvalue weighted by Crippen LogP contribution is 2.18. The lowest BCUT2D eigenvalue weighted by Gasteiger charge is -2.28. The van der Waals surface area contributed by atoms with Crippen molar-refractivity contribution in [2.24, 2.45) is 40.1 Å². The number of aryl methyl sites for hydroxylation is 1. The van der Waals surface area contributed by atoms with Gasteiger partial charge in [0.2, 0.25) is 47.3 Å². The van der Waals surface area contributed by atoms with Gasteiger partial charge in [0.1, 0.15) is 36.3 Å². The zero-order chi connectivity index (χ0) is 49.5. The lowest BCUT2D eigenvalue weighted by atomic mass is 9.99. The Bertz CT molecular complexity index is 1780. The zero-order valence-corrected chi connectivity index (χ0v) is 40.7. The number of aliphatic imine (C=N–C) groups is 1. The molecule has 1 saturated heterocycles. The summed E-state index contributed by atoms with van der Waals surface area (Å²) in [6.45, 7) is 17.3. The van der Waals surface area contributed by atoms with Crippen LogP contribution in [-0.4, -0.2) is 121 Å². The summed E-state index contributed by atoms with van der Waals surface area (Å²) in [5.74, 6) is -4.12. The summed E-state index contributed by atoms with van der Waals surface area (Å²) < 4.78 is 0. The van der Waals surface area contributed by atoms with E-state index in [0.29, 0.717) is 38.8 Å². The highest BCUT2D eigenvalue weighted by Gasteiger charge is 2.36. The predicted molar refractivity (Wildman–Crippen MR) is 254 cm³/mol. The third kappa shape index (κ3) is 21.5. The van der Waals surface area contributed by atoms with Gasteiger partial charge >= 0.3 is 0 Å². The maximum atomic E-state index is 14.2. The Kier molecular flexibility index (Phi) is 24.8. The summed E-state index contributed by atoms with van der Waals surface area (Å²) in [5.41, 5.74) is 12.0. The molecule has 6 atom stereocenters. The first kappa shape index (κ1) is 56.4. The fourth-order valence-electron chi connectivity index (χ4n) is 7.57. The molecule has 8 amide bonds. The first-order chi connectivity index (χ1) is 31.1. The van der Waals surface area contributed by atoms with Crippen LogP contribution in [0.15, 0.2) is 35.3 Å².